The normalized spacial score (nSPS) is 14.4. The van der Waals surface area contributed by atoms with E-state index in [9.17, 15) is 18.0 Å². The van der Waals surface area contributed by atoms with Gasteiger partial charge in [0.1, 0.15) is 4.90 Å². The summed E-state index contributed by atoms with van der Waals surface area (Å²) in [6.07, 6.45) is 0.710. The Bertz CT molecular complexity index is 1700. The number of carbonyl (C=O) groups is 2. The minimum atomic E-state index is -4.26. The SMILES string of the molecule is C[C@@H]1Cc2ccccc2N1C(=O)COC(=O)c1ccc(Cl)c(S(=O)(=O)N(Cc2ccccc2)c2ccc(Cl)cc2)c1. The Morgan fingerprint density at radius 2 is 1.61 bits per heavy atom. The van der Waals surface area contributed by atoms with Crippen LogP contribution in [0.15, 0.2) is 102 Å². The number of benzene rings is 4. The van der Waals surface area contributed by atoms with E-state index in [4.69, 9.17) is 27.9 Å². The van der Waals surface area contributed by atoms with E-state index in [1.165, 1.54) is 22.5 Å². The predicted molar refractivity (Wildman–Crippen MR) is 160 cm³/mol. The van der Waals surface area contributed by atoms with Gasteiger partial charge in [0.2, 0.25) is 0 Å². The molecule has 5 rings (SSSR count). The third-order valence-electron chi connectivity index (χ3n) is 6.82. The highest BCUT2D eigenvalue weighted by atomic mass is 35.5. The molecule has 1 heterocycles. The second-order valence-corrected chi connectivity index (χ2v) is 12.3. The van der Waals surface area contributed by atoms with Crippen molar-refractivity contribution in [2.75, 3.05) is 15.8 Å². The van der Waals surface area contributed by atoms with Crippen molar-refractivity contribution < 1.29 is 22.7 Å². The third kappa shape index (κ3) is 6.10. The summed E-state index contributed by atoms with van der Waals surface area (Å²) in [5.41, 5.74) is 2.91. The number of esters is 1. The first-order chi connectivity index (χ1) is 19.6. The maximum absolute atomic E-state index is 14.0. The Labute approximate surface area is 248 Å². The van der Waals surface area contributed by atoms with Crippen LogP contribution in [0.1, 0.15) is 28.4 Å². The molecule has 0 radical (unpaired) electrons. The van der Waals surface area contributed by atoms with Crippen LogP contribution in [0.25, 0.3) is 0 Å². The highest BCUT2D eigenvalue weighted by Crippen LogP contribution is 2.33. The van der Waals surface area contributed by atoms with E-state index >= 15 is 0 Å². The number of hydrogen-bond donors (Lipinski definition) is 0. The summed E-state index contributed by atoms with van der Waals surface area (Å²) in [4.78, 5) is 27.3. The average molecular weight is 610 g/mol. The molecule has 10 heteroatoms. The molecule has 0 bridgehead atoms. The molecule has 1 amide bonds. The Hall–Kier alpha value is -3.85. The van der Waals surface area contributed by atoms with Crippen molar-refractivity contribution in [3.63, 3.8) is 0 Å². The number of carbonyl (C=O) groups excluding carboxylic acids is 2. The zero-order chi connectivity index (χ0) is 29.1. The van der Waals surface area contributed by atoms with Gasteiger partial charge in [0, 0.05) is 16.8 Å². The number of para-hydroxylation sites is 1. The number of halogens is 2. The van der Waals surface area contributed by atoms with E-state index in [1.54, 1.807) is 29.2 Å². The molecule has 4 aromatic carbocycles. The molecule has 7 nitrogen and oxygen atoms in total. The number of fused-ring (bicyclic) bond motifs is 1. The van der Waals surface area contributed by atoms with E-state index in [0.29, 0.717) is 17.1 Å². The Morgan fingerprint density at radius 3 is 2.34 bits per heavy atom. The number of nitrogens with zero attached hydrogens (tertiary/aromatic N) is 2. The lowest BCUT2D eigenvalue weighted by Gasteiger charge is -2.25. The van der Waals surface area contributed by atoms with Gasteiger partial charge in [-0.05, 0) is 73.0 Å². The van der Waals surface area contributed by atoms with Crippen molar-refractivity contribution in [3.8, 4) is 0 Å². The average Bonchev–Trinajstić information content (AvgIpc) is 3.31. The molecule has 4 aromatic rings. The topological polar surface area (TPSA) is 84.0 Å². The maximum atomic E-state index is 14.0. The fourth-order valence-corrected chi connectivity index (χ4v) is 6.93. The zero-order valence-electron chi connectivity index (χ0n) is 22.0. The smallest absolute Gasteiger partial charge is 0.338 e. The van der Waals surface area contributed by atoms with E-state index in [-0.39, 0.29) is 34.0 Å². The van der Waals surface area contributed by atoms with Crippen LogP contribution in [0, 0.1) is 0 Å². The number of rotatable bonds is 8. The van der Waals surface area contributed by atoms with Crippen molar-refractivity contribution >= 4 is 56.5 Å². The molecular formula is C31H26Cl2N2O5S. The van der Waals surface area contributed by atoms with E-state index in [0.717, 1.165) is 16.8 Å². The molecule has 0 spiro atoms. The standard InChI is InChI=1S/C31H26Cl2N2O5S/c1-21-17-23-9-5-6-10-28(23)35(21)30(36)20-40-31(37)24-11-16-27(33)29(18-24)41(38,39)34(19-22-7-3-2-4-8-22)26-14-12-25(32)13-15-26/h2-16,18,21H,17,19-20H2,1H3/t21-/m1/s1. The van der Waals surface area contributed by atoms with Crippen molar-refractivity contribution in [1.29, 1.82) is 0 Å². The first-order valence-corrected chi connectivity index (χ1v) is 15.0. The summed E-state index contributed by atoms with van der Waals surface area (Å²) in [6, 6.07) is 26.8. The largest absolute Gasteiger partial charge is 0.452 e. The Balaban J connectivity index is 1.39. The van der Waals surface area contributed by atoms with Gasteiger partial charge in [-0.3, -0.25) is 9.10 Å². The second kappa shape index (κ2) is 11.9. The molecule has 0 aliphatic carbocycles. The lowest BCUT2D eigenvalue weighted by atomic mass is 10.1. The molecule has 1 aliphatic rings. The Kier molecular flexibility index (Phi) is 8.35. The minimum Gasteiger partial charge on any atom is -0.452 e. The van der Waals surface area contributed by atoms with Crippen LogP contribution in [0.3, 0.4) is 0 Å². The lowest BCUT2D eigenvalue weighted by molar-refractivity contribution is -0.122. The van der Waals surface area contributed by atoms with Crippen LogP contribution in [-0.2, 0) is 32.5 Å². The molecule has 41 heavy (non-hydrogen) atoms. The summed E-state index contributed by atoms with van der Waals surface area (Å²) >= 11 is 12.4. The van der Waals surface area contributed by atoms with Crippen LogP contribution in [0.4, 0.5) is 11.4 Å². The molecule has 0 unspecified atom stereocenters. The van der Waals surface area contributed by atoms with Gasteiger partial charge in [-0.15, -0.1) is 0 Å². The first kappa shape index (κ1) is 28.7. The molecule has 210 valence electrons. The molecule has 0 saturated heterocycles. The molecular weight excluding hydrogens is 583 g/mol. The number of sulfonamides is 1. The highest BCUT2D eigenvalue weighted by molar-refractivity contribution is 7.93. The van der Waals surface area contributed by atoms with Crippen molar-refractivity contribution in [2.24, 2.45) is 0 Å². The van der Waals surface area contributed by atoms with Gasteiger partial charge in [-0.25, -0.2) is 13.2 Å². The van der Waals surface area contributed by atoms with Crippen LogP contribution < -0.4 is 9.21 Å². The monoisotopic (exact) mass is 608 g/mol. The number of anilines is 2. The quantitative estimate of drug-likeness (QED) is 0.212. The summed E-state index contributed by atoms with van der Waals surface area (Å²) in [7, 11) is -4.26. The molecule has 0 N–H and O–H groups in total. The van der Waals surface area contributed by atoms with Crippen molar-refractivity contribution in [3.05, 3.63) is 124 Å². The van der Waals surface area contributed by atoms with Crippen LogP contribution in [0.5, 0.6) is 0 Å². The van der Waals surface area contributed by atoms with E-state index in [1.807, 2.05) is 61.5 Å². The number of amides is 1. The molecule has 0 aromatic heterocycles. The number of hydrogen-bond acceptors (Lipinski definition) is 5. The van der Waals surface area contributed by atoms with Crippen LogP contribution in [-0.4, -0.2) is 32.9 Å². The number of ether oxygens (including phenoxy) is 1. The summed E-state index contributed by atoms with van der Waals surface area (Å²) in [5, 5.41) is 0.391. The van der Waals surface area contributed by atoms with Crippen LogP contribution >= 0.6 is 23.2 Å². The van der Waals surface area contributed by atoms with Gasteiger partial charge in [0.15, 0.2) is 6.61 Å². The molecule has 0 saturated carbocycles. The van der Waals surface area contributed by atoms with Crippen LogP contribution in [0.2, 0.25) is 10.0 Å². The van der Waals surface area contributed by atoms with Gasteiger partial charge >= 0.3 is 5.97 Å². The van der Waals surface area contributed by atoms with E-state index < -0.39 is 22.6 Å². The molecule has 1 aliphatic heterocycles. The second-order valence-electron chi connectivity index (χ2n) is 9.64. The first-order valence-electron chi connectivity index (χ1n) is 12.8. The maximum Gasteiger partial charge on any atom is 0.338 e. The lowest BCUT2D eigenvalue weighted by Crippen LogP contribution is -2.38. The van der Waals surface area contributed by atoms with Gasteiger partial charge in [-0.1, -0.05) is 71.7 Å². The fraction of sp³-hybridized carbons (Fsp3) is 0.161. The summed E-state index contributed by atoms with van der Waals surface area (Å²) in [6.45, 7) is 1.45. The fourth-order valence-electron chi connectivity index (χ4n) is 4.84. The van der Waals surface area contributed by atoms with Crippen molar-refractivity contribution in [2.45, 2.75) is 30.8 Å². The molecule has 0 fully saturated rings. The Morgan fingerprint density at radius 1 is 0.927 bits per heavy atom. The van der Waals surface area contributed by atoms with Crippen molar-refractivity contribution in [1.82, 2.24) is 0 Å². The van der Waals surface area contributed by atoms with Gasteiger partial charge in [0.25, 0.3) is 15.9 Å². The van der Waals surface area contributed by atoms with Gasteiger partial charge in [0.05, 0.1) is 22.8 Å². The minimum absolute atomic E-state index is 0.0137. The van der Waals surface area contributed by atoms with E-state index in [2.05, 4.69) is 0 Å². The predicted octanol–water partition coefficient (Wildman–Crippen LogP) is 6.52. The summed E-state index contributed by atoms with van der Waals surface area (Å²) < 4.78 is 34.5. The zero-order valence-corrected chi connectivity index (χ0v) is 24.4. The van der Waals surface area contributed by atoms with Gasteiger partial charge in [-0.2, -0.15) is 0 Å². The third-order valence-corrected chi connectivity index (χ3v) is 9.33. The highest BCUT2D eigenvalue weighted by Gasteiger charge is 2.32. The van der Waals surface area contributed by atoms with Gasteiger partial charge < -0.3 is 9.64 Å². The summed E-state index contributed by atoms with van der Waals surface area (Å²) in [5.74, 6) is -1.21. The molecule has 1 atom stereocenters.